The Bertz CT molecular complexity index is 781. The number of benzene rings is 2. The molecule has 0 saturated carbocycles. The number of para-hydroxylation sites is 1. The van der Waals surface area contributed by atoms with Crippen LogP contribution < -0.4 is 10.6 Å². The van der Waals surface area contributed by atoms with Crippen molar-refractivity contribution in [2.45, 2.75) is 13.0 Å². The minimum absolute atomic E-state index is 0.0656. The number of urea groups is 1. The molecule has 22 heavy (non-hydrogen) atoms. The first-order chi connectivity index (χ1) is 10.7. The topological polar surface area (TPSA) is 54.0 Å². The normalized spacial score (nSPS) is 11.9. The fraction of sp³-hybridized carbons (Fsp3) is 0.111. The number of fused-ring (bicyclic) bond motifs is 1. The number of carbonyl (C=O) groups is 1. The van der Waals surface area contributed by atoms with Gasteiger partial charge < -0.3 is 10.6 Å². The van der Waals surface area contributed by atoms with Crippen LogP contribution in [0.25, 0.3) is 10.9 Å². The van der Waals surface area contributed by atoms with Crippen molar-refractivity contribution in [3.8, 4) is 0 Å². The first kappa shape index (κ1) is 14.1. The summed E-state index contributed by atoms with van der Waals surface area (Å²) >= 11 is 0. The summed E-state index contributed by atoms with van der Waals surface area (Å²) in [5.74, 6) is 0. The summed E-state index contributed by atoms with van der Waals surface area (Å²) < 4.78 is 0. The highest BCUT2D eigenvalue weighted by atomic mass is 16.2. The van der Waals surface area contributed by atoms with Crippen LogP contribution in [0.3, 0.4) is 0 Å². The van der Waals surface area contributed by atoms with Gasteiger partial charge >= 0.3 is 6.03 Å². The Kier molecular flexibility index (Phi) is 4.01. The Labute approximate surface area is 129 Å². The van der Waals surface area contributed by atoms with Gasteiger partial charge in [-0.2, -0.15) is 0 Å². The predicted molar refractivity (Wildman–Crippen MR) is 88.8 cm³/mol. The quantitative estimate of drug-likeness (QED) is 0.762. The summed E-state index contributed by atoms with van der Waals surface area (Å²) in [7, 11) is 0. The zero-order chi connectivity index (χ0) is 15.4. The molecular weight excluding hydrogens is 274 g/mol. The fourth-order valence-corrected chi connectivity index (χ4v) is 2.39. The van der Waals surface area contributed by atoms with Gasteiger partial charge in [0.05, 0.1) is 17.2 Å². The molecule has 0 spiro atoms. The molecule has 2 aromatic carbocycles. The minimum atomic E-state index is -0.241. The second-order valence-electron chi connectivity index (χ2n) is 5.11. The number of nitrogens with zero attached hydrogens (tertiary/aromatic N) is 1. The molecule has 1 aromatic heterocycles. The second kappa shape index (κ2) is 6.26. The van der Waals surface area contributed by atoms with E-state index in [1.54, 1.807) is 6.20 Å². The van der Waals surface area contributed by atoms with Crippen molar-refractivity contribution < 1.29 is 4.79 Å². The van der Waals surface area contributed by atoms with Gasteiger partial charge in [0.1, 0.15) is 0 Å². The molecule has 2 N–H and O–H groups in total. The molecule has 2 amide bonds. The van der Waals surface area contributed by atoms with E-state index >= 15 is 0 Å². The smallest absolute Gasteiger partial charge is 0.319 e. The third-order valence-electron chi connectivity index (χ3n) is 3.53. The predicted octanol–water partition coefficient (Wildman–Crippen LogP) is 4.12. The summed E-state index contributed by atoms with van der Waals surface area (Å²) in [6, 6.07) is 19.1. The molecule has 1 unspecified atom stereocenters. The Morgan fingerprint density at radius 3 is 2.59 bits per heavy atom. The third-order valence-corrected chi connectivity index (χ3v) is 3.53. The van der Waals surface area contributed by atoms with Crippen LogP contribution in [0, 0.1) is 0 Å². The lowest BCUT2D eigenvalue weighted by Crippen LogP contribution is -2.31. The van der Waals surface area contributed by atoms with Crippen molar-refractivity contribution in [2.24, 2.45) is 0 Å². The minimum Gasteiger partial charge on any atom is -0.331 e. The average molecular weight is 291 g/mol. The van der Waals surface area contributed by atoms with Gasteiger partial charge in [0.2, 0.25) is 0 Å². The molecule has 3 rings (SSSR count). The molecule has 110 valence electrons. The van der Waals surface area contributed by atoms with Gasteiger partial charge in [0.15, 0.2) is 0 Å². The molecule has 0 bridgehead atoms. The highest BCUT2D eigenvalue weighted by Gasteiger charge is 2.10. The molecule has 3 aromatic rings. The van der Waals surface area contributed by atoms with Crippen LogP contribution in [0.5, 0.6) is 0 Å². The maximum atomic E-state index is 12.2. The lowest BCUT2D eigenvalue weighted by Gasteiger charge is -2.15. The van der Waals surface area contributed by atoms with Gasteiger partial charge in [0.25, 0.3) is 0 Å². The van der Waals surface area contributed by atoms with Crippen molar-refractivity contribution in [2.75, 3.05) is 5.32 Å². The fourth-order valence-electron chi connectivity index (χ4n) is 2.39. The van der Waals surface area contributed by atoms with E-state index < -0.39 is 0 Å². The largest absolute Gasteiger partial charge is 0.331 e. The zero-order valence-corrected chi connectivity index (χ0v) is 12.3. The Morgan fingerprint density at radius 1 is 1.00 bits per heavy atom. The number of nitrogens with one attached hydrogen (secondary N) is 2. The number of hydrogen-bond donors (Lipinski definition) is 2. The maximum Gasteiger partial charge on any atom is 0.319 e. The molecule has 0 aliphatic rings. The molecular formula is C18H17N3O. The molecule has 1 atom stereocenters. The van der Waals surface area contributed by atoms with E-state index in [4.69, 9.17) is 0 Å². The van der Waals surface area contributed by atoms with Crippen LogP contribution >= 0.6 is 0 Å². The van der Waals surface area contributed by atoms with E-state index in [2.05, 4.69) is 15.6 Å². The highest BCUT2D eigenvalue weighted by Crippen LogP contribution is 2.20. The standard InChI is InChI=1S/C18H17N3O/c1-13(14-7-3-2-4-8-14)20-18(22)21-16-11-5-9-15-10-6-12-19-17(15)16/h2-13H,1H3,(H2,20,21,22). The summed E-state index contributed by atoms with van der Waals surface area (Å²) in [6.45, 7) is 1.95. The number of pyridine rings is 1. The highest BCUT2D eigenvalue weighted by molar-refractivity contribution is 5.99. The summed E-state index contributed by atoms with van der Waals surface area (Å²) in [5, 5.41) is 6.80. The van der Waals surface area contributed by atoms with Crippen molar-refractivity contribution in [1.29, 1.82) is 0 Å². The molecule has 0 aliphatic heterocycles. The molecule has 4 nitrogen and oxygen atoms in total. The number of carbonyl (C=O) groups excluding carboxylic acids is 1. The van der Waals surface area contributed by atoms with E-state index in [0.717, 1.165) is 16.5 Å². The first-order valence-electron chi connectivity index (χ1n) is 7.20. The van der Waals surface area contributed by atoms with Crippen molar-refractivity contribution in [3.05, 3.63) is 72.4 Å². The van der Waals surface area contributed by atoms with Crippen molar-refractivity contribution >= 4 is 22.6 Å². The number of hydrogen-bond acceptors (Lipinski definition) is 2. The Morgan fingerprint density at radius 2 is 1.77 bits per heavy atom. The third kappa shape index (κ3) is 3.06. The van der Waals surface area contributed by atoms with Gasteiger partial charge in [-0.05, 0) is 24.6 Å². The van der Waals surface area contributed by atoms with Crippen molar-refractivity contribution in [3.63, 3.8) is 0 Å². The summed E-state index contributed by atoms with van der Waals surface area (Å²) in [5.41, 5.74) is 2.55. The number of amides is 2. The monoisotopic (exact) mass is 291 g/mol. The van der Waals surface area contributed by atoms with Gasteiger partial charge in [-0.3, -0.25) is 4.98 Å². The average Bonchev–Trinajstić information content (AvgIpc) is 2.56. The van der Waals surface area contributed by atoms with E-state index in [1.165, 1.54) is 0 Å². The van der Waals surface area contributed by atoms with Crippen LogP contribution in [0.15, 0.2) is 66.9 Å². The second-order valence-corrected chi connectivity index (χ2v) is 5.11. The van der Waals surface area contributed by atoms with E-state index in [1.807, 2.05) is 67.6 Å². The van der Waals surface area contributed by atoms with Crippen LogP contribution in [0.4, 0.5) is 10.5 Å². The summed E-state index contributed by atoms with van der Waals surface area (Å²) in [4.78, 5) is 16.5. The van der Waals surface area contributed by atoms with Gasteiger partial charge in [-0.15, -0.1) is 0 Å². The molecule has 0 aliphatic carbocycles. The van der Waals surface area contributed by atoms with E-state index in [9.17, 15) is 4.79 Å². The Hall–Kier alpha value is -2.88. The van der Waals surface area contributed by atoms with Gasteiger partial charge in [0, 0.05) is 11.6 Å². The lowest BCUT2D eigenvalue weighted by molar-refractivity contribution is 0.249. The van der Waals surface area contributed by atoms with Crippen LogP contribution in [0.2, 0.25) is 0 Å². The zero-order valence-electron chi connectivity index (χ0n) is 12.3. The number of anilines is 1. The van der Waals surface area contributed by atoms with Crippen LogP contribution in [-0.4, -0.2) is 11.0 Å². The first-order valence-corrected chi connectivity index (χ1v) is 7.20. The summed E-state index contributed by atoms with van der Waals surface area (Å²) in [6.07, 6.45) is 1.72. The van der Waals surface area contributed by atoms with E-state index in [0.29, 0.717) is 5.69 Å². The molecule has 0 fully saturated rings. The Balaban J connectivity index is 1.74. The number of rotatable bonds is 3. The molecule has 1 heterocycles. The van der Waals surface area contributed by atoms with Crippen LogP contribution in [0.1, 0.15) is 18.5 Å². The molecule has 0 saturated heterocycles. The molecule has 4 heteroatoms. The lowest BCUT2D eigenvalue weighted by atomic mass is 10.1. The van der Waals surface area contributed by atoms with Gasteiger partial charge in [-0.1, -0.05) is 48.5 Å². The maximum absolute atomic E-state index is 12.2. The molecule has 0 radical (unpaired) electrons. The van der Waals surface area contributed by atoms with Crippen LogP contribution in [-0.2, 0) is 0 Å². The SMILES string of the molecule is CC(NC(=O)Nc1cccc2cccnc12)c1ccccc1. The van der Waals surface area contributed by atoms with E-state index in [-0.39, 0.29) is 12.1 Å². The van der Waals surface area contributed by atoms with Gasteiger partial charge in [-0.25, -0.2) is 4.79 Å². The number of aromatic nitrogens is 1. The van der Waals surface area contributed by atoms with Crippen molar-refractivity contribution in [1.82, 2.24) is 10.3 Å².